The van der Waals surface area contributed by atoms with Gasteiger partial charge in [-0.05, 0) is 59.4 Å². The maximum absolute atomic E-state index is 15.2. The van der Waals surface area contributed by atoms with Gasteiger partial charge in [-0.25, -0.2) is 14.2 Å². The standard InChI is InChI=1S/C23H30FN3O4/c1-5-30-21(28)13-20-25-16-11-15(24)18(12-19(16)27(20)14-8-9-14)26-10-6-7-17(26)22(29)31-23(2,3)4/h11-12,14,17H,5-10,13H2,1-4H3. The lowest BCUT2D eigenvalue weighted by atomic mass is 10.1. The molecule has 7 nitrogen and oxygen atoms in total. The highest BCUT2D eigenvalue weighted by Gasteiger charge is 2.36. The molecule has 4 rings (SSSR count). The van der Waals surface area contributed by atoms with Gasteiger partial charge in [0.05, 0.1) is 23.3 Å². The second kappa shape index (κ2) is 8.13. The number of esters is 2. The molecule has 1 unspecified atom stereocenters. The van der Waals surface area contributed by atoms with Crippen LogP contribution in [0.1, 0.15) is 65.2 Å². The molecule has 0 bridgehead atoms. The fourth-order valence-electron chi connectivity index (χ4n) is 4.25. The largest absolute Gasteiger partial charge is 0.466 e. The minimum Gasteiger partial charge on any atom is -0.466 e. The molecule has 1 aromatic carbocycles. The molecule has 1 aliphatic heterocycles. The maximum Gasteiger partial charge on any atom is 0.329 e. The molecular weight excluding hydrogens is 401 g/mol. The second-order valence-electron chi connectivity index (χ2n) is 9.29. The average molecular weight is 432 g/mol. The molecule has 2 aromatic rings. The number of anilines is 1. The van der Waals surface area contributed by atoms with Gasteiger partial charge in [-0.1, -0.05) is 0 Å². The van der Waals surface area contributed by atoms with Crippen LogP contribution in [0.5, 0.6) is 0 Å². The van der Waals surface area contributed by atoms with Crippen LogP contribution in [0.4, 0.5) is 10.1 Å². The molecule has 1 saturated heterocycles. The van der Waals surface area contributed by atoms with Crippen LogP contribution in [0.15, 0.2) is 12.1 Å². The second-order valence-corrected chi connectivity index (χ2v) is 9.29. The number of hydrogen-bond donors (Lipinski definition) is 0. The van der Waals surface area contributed by atoms with Gasteiger partial charge in [0.25, 0.3) is 0 Å². The number of benzene rings is 1. The van der Waals surface area contributed by atoms with Crippen LogP contribution < -0.4 is 4.90 Å². The van der Waals surface area contributed by atoms with Crippen molar-refractivity contribution in [1.29, 1.82) is 0 Å². The van der Waals surface area contributed by atoms with Gasteiger partial charge in [0, 0.05) is 18.7 Å². The van der Waals surface area contributed by atoms with Crippen LogP contribution in [0, 0.1) is 5.82 Å². The zero-order valence-electron chi connectivity index (χ0n) is 18.6. The van der Waals surface area contributed by atoms with E-state index in [1.165, 1.54) is 6.07 Å². The summed E-state index contributed by atoms with van der Waals surface area (Å²) >= 11 is 0. The molecule has 2 fully saturated rings. The zero-order valence-corrected chi connectivity index (χ0v) is 18.6. The van der Waals surface area contributed by atoms with Gasteiger partial charge in [0.15, 0.2) is 0 Å². The third-order valence-corrected chi connectivity index (χ3v) is 5.59. The molecule has 1 aliphatic carbocycles. The van der Waals surface area contributed by atoms with Gasteiger partial charge in [-0.3, -0.25) is 4.79 Å². The number of carbonyl (C=O) groups is 2. The Kier molecular flexibility index (Phi) is 5.66. The number of nitrogens with zero attached hydrogens (tertiary/aromatic N) is 3. The molecule has 0 spiro atoms. The van der Waals surface area contributed by atoms with Crippen molar-refractivity contribution in [3.05, 3.63) is 23.8 Å². The summed E-state index contributed by atoms with van der Waals surface area (Å²) in [6.07, 6.45) is 3.47. The van der Waals surface area contributed by atoms with Crippen LogP contribution in [0.2, 0.25) is 0 Å². The lowest BCUT2D eigenvalue weighted by molar-refractivity contribution is -0.156. The Morgan fingerprint density at radius 2 is 1.97 bits per heavy atom. The molecule has 1 saturated carbocycles. The monoisotopic (exact) mass is 431 g/mol. The molecule has 1 aromatic heterocycles. The van der Waals surface area contributed by atoms with Gasteiger partial charge < -0.3 is 18.9 Å². The fraction of sp³-hybridized carbons (Fsp3) is 0.609. The van der Waals surface area contributed by atoms with E-state index in [-0.39, 0.29) is 24.4 Å². The Labute approximate surface area is 181 Å². The maximum atomic E-state index is 15.2. The lowest BCUT2D eigenvalue weighted by Crippen LogP contribution is -2.41. The first-order valence-corrected chi connectivity index (χ1v) is 11.0. The van der Waals surface area contributed by atoms with Gasteiger partial charge in [0.1, 0.15) is 29.7 Å². The molecule has 2 aliphatic rings. The first-order chi connectivity index (χ1) is 14.7. The lowest BCUT2D eigenvalue weighted by Gasteiger charge is -2.29. The molecule has 31 heavy (non-hydrogen) atoms. The smallest absolute Gasteiger partial charge is 0.329 e. The van der Waals surface area contributed by atoms with E-state index in [9.17, 15) is 9.59 Å². The van der Waals surface area contributed by atoms with Gasteiger partial charge in [-0.15, -0.1) is 0 Å². The molecule has 0 radical (unpaired) electrons. The molecule has 2 heterocycles. The summed E-state index contributed by atoms with van der Waals surface area (Å²) in [6, 6.07) is 2.92. The molecule has 0 amide bonds. The van der Waals surface area contributed by atoms with Crippen molar-refractivity contribution >= 4 is 28.7 Å². The Balaban J connectivity index is 1.70. The van der Waals surface area contributed by atoms with Crippen molar-refractivity contribution in [2.45, 2.75) is 77.5 Å². The number of halogens is 1. The summed E-state index contributed by atoms with van der Waals surface area (Å²) in [4.78, 5) is 31.1. The number of aromatic nitrogens is 2. The number of rotatable bonds is 6. The third kappa shape index (κ3) is 4.52. The minimum atomic E-state index is -0.597. The first kappa shape index (κ1) is 21.6. The normalized spacial score (nSPS) is 19.1. The summed E-state index contributed by atoms with van der Waals surface area (Å²) < 4.78 is 27.8. The fourth-order valence-corrected chi connectivity index (χ4v) is 4.25. The third-order valence-electron chi connectivity index (χ3n) is 5.59. The Morgan fingerprint density at radius 3 is 2.61 bits per heavy atom. The average Bonchev–Trinajstić information content (AvgIpc) is 3.26. The molecule has 168 valence electrons. The van der Waals surface area contributed by atoms with E-state index in [0.717, 1.165) is 24.8 Å². The van der Waals surface area contributed by atoms with E-state index < -0.39 is 17.5 Å². The van der Waals surface area contributed by atoms with E-state index in [0.29, 0.717) is 36.6 Å². The van der Waals surface area contributed by atoms with Crippen LogP contribution in [-0.2, 0) is 25.5 Å². The van der Waals surface area contributed by atoms with E-state index in [2.05, 4.69) is 4.98 Å². The van der Waals surface area contributed by atoms with Gasteiger partial charge in [0.2, 0.25) is 0 Å². The van der Waals surface area contributed by atoms with Crippen LogP contribution in [0.25, 0.3) is 11.0 Å². The summed E-state index contributed by atoms with van der Waals surface area (Å²) in [7, 11) is 0. The van der Waals surface area contributed by atoms with Crippen molar-refractivity contribution in [2.75, 3.05) is 18.1 Å². The molecule has 1 atom stereocenters. The summed E-state index contributed by atoms with van der Waals surface area (Å²) in [5, 5.41) is 0. The summed E-state index contributed by atoms with van der Waals surface area (Å²) in [5.74, 6) is -0.503. The van der Waals surface area contributed by atoms with Crippen LogP contribution in [0.3, 0.4) is 0 Å². The van der Waals surface area contributed by atoms with Crippen LogP contribution >= 0.6 is 0 Å². The Hall–Kier alpha value is -2.64. The number of fused-ring (bicyclic) bond motifs is 1. The molecular formula is C23H30FN3O4. The van der Waals surface area contributed by atoms with Gasteiger partial charge >= 0.3 is 11.9 Å². The predicted molar refractivity (Wildman–Crippen MR) is 115 cm³/mol. The quantitative estimate of drug-likeness (QED) is 0.646. The highest BCUT2D eigenvalue weighted by Crippen LogP contribution is 2.41. The summed E-state index contributed by atoms with van der Waals surface area (Å²) in [6.45, 7) is 8.14. The van der Waals surface area contributed by atoms with Crippen molar-refractivity contribution < 1.29 is 23.5 Å². The molecule has 0 N–H and O–H groups in total. The predicted octanol–water partition coefficient (Wildman–Crippen LogP) is 3.93. The SMILES string of the molecule is CCOC(=O)Cc1nc2cc(F)c(N3CCCC3C(=O)OC(C)(C)C)cc2n1C1CC1. The highest BCUT2D eigenvalue weighted by atomic mass is 19.1. The zero-order chi connectivity index (χ0) is 22.3. The number of hydrogen-bond acceptors (Lipinski definition) is 6. The van der Waals surface area contributed by atoms with Crippen molar-refractivity contribution in [3.8, 4) is 0 Å². The number of ether oxygens (including phenoxy) is 2. The Morgan fingerprint density at radius 1 is 1.23 bits per heavy atom. The molecule has 8 heteroatoms. The highest BCUT2D eigenvalue weighted by molar-refractivity contribution is 5.86. The van der Waals surface area contributed by atoms with Crippen molar-refractivity contribution in [2.24, 2.45) is 0 Å². The Bertz CT molecular complexity index is 1010. The van der Waals surface area contributed by atoms with E-state index in [1.54, 1.807) is 17.9 Å². The van der Waals surface area contributed by atoms with Crippen molar-refractivity contribution in [3.63, 3.8) is 0 Å². The topological polar surface area (TPSA) is 73.7 Å². The van der Waals surface area contributed by atoms with Crippen molar-refractivity contribution in [1.82, 2.24) is 9.55 Å². The van der Waals surface area contributed by atoms with E-state index >= 15 is 4.39 Å². The van der Waals surface area contributed by atoms with Crippen LogP contribution in [-0.4, -0.2) is 46.3 Å². The van der Waals surface area contributed by atoms with E-state index in [1.807, 2.05) is 25.3 Å². The number of carbonyl (C=O) groups excluding carboxylic acids is 2. The minimum absolute atomic E-state index is 0.0558. The summed E-state index contributed by atoms with van der Waals surface area (Å²) in [5.41, 5.74) is 1.08. The van der Waals surface area contributed by atoms with E-state index in [4.69, 9.17) is 9.47 Å². The van der Waals surface area contributed by atoms with Gasteiger partial charge in [-0.2, -0.15) is 0 Å². The first-order valence-electron chi connectivity index (χ1n) is 11.0. The number of imidazole rings is 1.